The molecule has 29 heavy (non-hydrogen) atoms. The highest BCUT2D eigenvalue weighted by molar-refractivity contribution is 6.10. The van der Waals surface area contributed by atoms with Gasteiger partial charge in [-0.1, -0.05) is 31.4 Å². The van der Waals surface area contributed by atoms with E-state index in [1.165, 1.54) is 4.90 Å². The van der Waals surface area contributed by atoms with Crippen molar-refractivity contribution in [3.8, 4) is 0 Å². The monoisotopic (exact) mass is 398 g/mol. The number of hydrogen-bond donors (Lipinski definition) is 1. The summed E-state index contributed by atoms with van der Waals surface area (Å²) in [7, 11) is 1.65. The SMILES string of the molecule is CN1C(=O)N(CC(=O)Nc2ccccc2N2CCCC2=O)C(=O)C12CCCCC2. The molecule has 8 nitrogen and oxygen atoms in total. The highest BCUT2D eigenvalue weighted by Gasteiger charge is 2.55. The van der Waals surface area contributed by atoms with Crippen molar-refractivity contribution in [1.29, 1.82) is 0 Å². The van der Waals surface area contributed by atoms with Crippen LogP contribution in [0, 0.1) is 0 Å². The molecule has 154 valence electrons. The van der Waals surface area contributed by atoms with Crippen molar-refractivity contribution in [3.63, 3.8) is 0 Å². The predicted molar refractivity (Wildman–Crippen MR) is 107 cm³/mol. The molecule has 1 aliphatic carbocycles. The summed E-state index contributed by atoms with van der Waals surface area (Å²) in [4.78, 5) is 54.8. The van der Waals surface area contributed by atoms with Gasteiger partial charge in [-0.05, 0) is 31.4 Å². The van der Waals surface area contributed by atoms with E-state index in [9.17, 15) is 19.2 Å². The number of amides is 5. The van der Waals surface area contributed by atoms with E-state index in [1.54, 1.807) is 30.1 Å². The van der Waals surface area contributed by atoms with Gasteiger partial charge >= 0.3 is 6.03 Å². The largest absolute Gasteiger partial charge is 0.327 e. The molecule has 2 heterocycles. The van der Waals surface area contributed by atoms with Gasteiger partial charge in [-0.25, -0.2) is 4.79 Å². The van der Waals surface area contributed by atoms with Crippen molar-refractivity contribution in [1.82, 2.24) is 9.80 Å². The van der Waals surface area contributed by atoms with Gasteiger partial charge in [0.05, 0.1) is 11.4 Å². The van der Waals surface area contributed by atoms with Crippen LogP contribution in [0.3, 0.4) is 0 Å². The average Bonchev–Trinajstić information content (AvgIpc) is 3.22. The first-order valence-electron chi connectivity index (χ1n) is 10.2. The number of likely N-dealkylation sites (N-methyl/N-ethyl adjacent to an activating group) is 1. The molecular weight excluding hydrogens is 372 g/mol. The molecule has 0 bridgehead atoms. The van der Waals surface area contributed by atoms with Crippen LogP contribution in [0.5, 0.6) is 0 Å². The number of rotatable bonds is 4. The van der Waals surface area contributed by atoms with E-state index in [-0.39, 0.29) is 18.4 Å². The van der Waals surface area contributed by atoms with Crippen LogP contribution in [-0.4, -0.2) is 59.2 Å². The van der Waals surface area contributed by atoms with Gasteiger partial charge in [-0.15, -0.1) is 0 Å². The van der Waals surface area contributed by atoms with Gasteiger partial charge in [0.15, 0.2) is 0 Å². The average molecular weight is 398 g/mol. The van der Waals surface area contributed by atoms with Gasteiger partial charge in [0.25, 0.3) is 5.91 Å². The molecule has 1 aromatic rings. The molecule has 2 aliphatic heterocycles. The van der Waals surface area contributed by atoms with Crippen LogP contribution in [-0.2, 0) is 14.4 Å². The molecule has 2 saturated heterocycles. The number of nitrogens with one attached hydrogen (secondary N) is 1. The molecule has 1 spiro atoms. The molecule has 1 saturated carbocycles. The zero-order valence-corrected chi connectivity index (χ0v) is 16.6. The summed E-state index contributed by atoms with van der Waals surface area (Å²) in [5.41, 5.74) is 0.353. The summed E-state index contributed by atoms with van der Waals surface area (Å²) in [6, 6.07) is 6.68. The van der Waals surface area contributed by atoms with Crippen molar-refractivity contribution in [2.24, 2.45) is 0 Å². The van der Waals surface area contributed by atoms with Gasteiger partial charge in [0.1, 0.15) is 12.1 Å². The Kier molecular flexibility index (Phi) is 5.02. The number of nitrogens with zero attached hydrogens (tertiary/aromatic N) is 3. The molecule has 1 N–H and O–H groups in total. The third kappa shape index (κ3) is 3.26. The third-order valence-corrected chi connectivity index (χ3v) is 6.33. The van der Waals surface area contributed by atoms with Gasteiger partial charge < -0.3 is 15.1 Å². The number of anilines is 2. The van der Waals surface area contributed by atoms with E-state index in [1.807, 2.05) is 6.07 Å². The predicted octanol–water partition coefficient (Wildman–Crippen LogP) is 2.35. The first-order valence-corrected chi connectivity index (χ1v) is 10.2. The number of benzene rings is 1. The Balaban J connectivity index is 1.49. The zero-order valence-electron chi connectivity index (χ0n) is 16.6. The highest BCUT2D eigenvalue weighted by atomic mass is 16.2. The van der Waals surface area contributed by atoms with E-state index < -0.39 is 17.5 Å². The third-order valence-electron chi connectivity index (χ3n) is 6.33. The fraction of sp³-hybridized carbons (Fsp3) is 0.524. The van der Waals surface area contributed by atoms with E-state index in [4.69, 9.17) is 0 Å². The number of imide groups is 1. The number of urea groups is 1. The Morgan fingerprint density at radius 1 is 1.07 bits per heavy atom. The molecule has 8 heteroatoms. The van der Waals surface area contributed by atoms with Crippen molar-refractivity contribution in [3.05, 3.63) is 24.3 Å². The molecule has 3 aliphatic rings. The number of hydrogen-bond acceptors (Lipinski definition) is 4. The summed E-state index contributed by atoms with van der Waals surface area (Å²) < 4.78 is 0. The lowest BCUT2D eigenvalue weighted by atomic mass is 9.81. The van der Waals surface area contributed by atoms with Crippen LogP contribution < -0.4 is 10.2 Å². The summed E-state index contributed by atoms with van der Waals surface area (Å²) in [5, 5.41) is 2.78. The van der Waals surface area contributed by atoms with Crippen LogP contribution in [0.1, 0.15) is 44.9 Å². The smallest absolute Gasteiger partial charge is 0.323 e. The van der Waals surface area contributed by atoms with Crippen molar-refractivity contribution < 1.29 is 19.2 Å². The van der Waals surface area contributed by atoms with Crippen LogP contribution in [0.2, 0.25) is 0 Å². The van der Waals surface area contributed by atoms with Crippen LogP contribution in [0.4, 0.5) is 16.2 Å². The van der Waals surface area contributed by atoms with Crippen molar-refractivity contribution >= 4 is 35.1 Å². The summed E-state index contributed by atoms with van der Waals surface area (Å²) >= 11 is 0. The normalized spacial score (nSPS) is 21.4. The maximum Gasteiger partial charge on any atom is 0.327 e. The van der Waals surface area contributed by atoms with Crippen molar-refractivity contribution in [2.75, 3.05) is 30.4 Å². The Bertz CT molecular complexity index is 862. The lowest BCUT2D eigenvalue weighted by Crippen LogP contribution is -2.49. The molecule has 4 rings (SSSR count). The minimum absolute atomic E-state index is 0.0254. The first-order chi connectivity index (χ1) is 13.9. The standard InChI is InChI=1S/C21H26N4O4/c1-23-20(29)25(19(28)21(23)11-5-2-6-12-21)14-17(26)22-15-8-3-4-9-16(15)24-13-7-10-18(24)27/h3-4,8-9H,2,5-7,10-14H2,1H3,(H,22,26). The minimum Gasteiger partial charge on any atom is -0.323 e. The fourth-order valence-electron chi connectivity index (χ4n) is 4.72. The second kappa shape index (κ2) is 7.50. The molecule has 0 radical (unpaired) electrons. The number of para-hydroxylation sites is 2. The van der Waals surface area contributed by atoms with E-state index >= 15 is 0 Å². The van der Waals surface area contributed by atoms with Gasteiger partial charge in [0, 0.05) is 20.0 Å². The Hall–Kier alpha value is -2.90. The molecule has 1 aromatic carbocycles. The quantitative estimate of drug-likeness (QED) is 0.789. The van der Waals surface area contributed by atoms with E-state index in [0.717, 1.165) is 30.6 Å². The Morgan fingerprint density at radius 2 is 1.79 bits per heavy atom. The summed E-state index contributed by atoms with van der Waals surface area (Å²) in [6.07, 6.45) is 5.43. The van der Waals surface area contributed by atoms with Crippen LogP contribution in [0.15, 0.2) is 24.3 Å². The molecular formula is C21H26N4O4. The number of carbonyl (C=O) groups is 4. The van der Waals surface area contributed by atoms with Crippen molar-refractivity contribution in [2.45, 2.75) is 50.5 Å². The fourth-order valence-corrected chi connectivity index (χ4v) is 4.72. The Morgan fingerprint density at radius 3 is 2.48 bits per heavy atom. The van der Waals surface area contributed by atoms with Gasteiger partial charge in [0.2, 0.25) is 11.8 Å². The summed E-state index contributed by atoms with van der Waals surface area (Å²) in [5.74, 6) is -0.702. The molecule has 0 atom stereocenters. The maximum atomic E-state index is 13.0. The zero-order chi connectivity index (χ0) is 20.6. The van der Waals surface area contributed by atoms with Crippen LogP contribution in [0.25, 0.3) is 0 Å². The maximum absolute atomic E-state index is 13.0. The van der Waals surface area contributed by atoms with Crippen LogP contribution >= 0.6 is 0 Å². The number of carbonyl (C=O) groups excluding carboxylic acids is 4. The van der Waals surface area contributed by atoms with Gasteiger partial charge in [-0.2, -0.15) is 0 Å². The van der Waals surface area contributed by atoms with Gasteiger partial charge in [-0.3, -0.25) is 19.3 Å². The molecule has 0 aromatic heterocycles. The highest BCUT2D eigenvalue weighted by Crippen LogP contribution is 2.39. The summed E-state index contributed by atoms with van der Waals surface area (Å²) in [6.45, 7) is 0.286. The second-order valence-electron chi connectivity index (χ2n) is 8.04. The minimum atomic E-state index is -0.796. The van der Waals surface area contributed by atoms with E-state index in [0.29, 0.717) is 37.2 Å². The lowest BCUT2D eigenvalue weighted by Gasteiger charge is -2.35. The van der Waals surface area contributed by atoms with E-state index in [2.05, 4.69) is 5.32 Å². The Labute approximate surface area is 169 Å². The lowest BCUT2D eigenvalue weighted by molar-refractivity contribution is -0.136. The first kappa shape index (κ1) is 19.4. The molecule has 0 unspecified atom stereocenters. The molecule has 3 fully saturated rings. The second-order valence-corrected chi connectivity index (χ2v) is 8.04. The topological polar surface area (TPSA) is 90.0 Å². The molecule has 5 amide bonds.